The van der Waals surface area contributed by atoms with E-state index in [-0.39, 0.29) is 11.6 Å². The normalized spacial score (nSPS) is 11.9. The summed E-state index contributed by atoms with van der Waals surface area (Å²) in [7, 11) is 0. The average molecular weight is 224 g/mol. The number of aryl methyl sites for hydroxylation is 1. The highest BCUT2D eigenvalue weighted by atomic mass is 35.5. The van der Waals surface area contributed by atoms with Crippen molar-refractivity contribution >= 4 is 11.6 Å². The lowest BCUT2D eigenvalue weighted by atomic mass is 10.0. The van der Waals surface area contributed by atoms with Gasteiger partial charge < -0.3 is 5.73 Å². The van der Waals surface area contributed by atoms with E-state index in [1.54, 1.807) is 6.92 Å². The summed E-state index contributed by atoms with van der Waals surface area (Å²) in [6.07, 6.45) is -4.42. The van der Waals surface area contributed by atoms with Gasteiger partial charge in [-0.15, -0.1) is 0 Å². The number of hydrogen-bond donors (Lipinski definition) is 1. The quantitative estimate of drug-likeness (QED) is 0.778. The Kier molecular flexibility index (Phi) is 3.07. The largest absolute Gasteiger partial charge is 0.417 e. The Morgan fingerprint density at radius 3 is 2.36 bits per heavy atom. The third-order valence-corrected chi connectivity index (χ3v) is 2.42. The van der Waals surface area contributed by atoms with E-state index < -0.39 is 11.7 Å². The molecule has 1 aromatic rings. The molecule has 5 heteroatoms. The third-order valence-electron chi connectivity index (χ3n) is 1.99. The van der Waals surface area contributed by atoms with Gasteiger partial charge in [-0.1, -0.05) is 17.7 Å². The Balaban J connectivity index is 3.36. The van der Waals surface area contributed by atoms with Crippen LogP contribution in [0.4, 0.5) is 13.2 Å². The molecule has 0 spiro atoms. The number of nitrogens with two attached hydrogens (primary N) is 1. The van der Waals surface area contributed by atoms with Crippen molar-refractivity contribution in [2.24, 2.45) is 5.73 Å². The molecule has 1 nitrogen and oxygen atoms in total. The highest BCUT2D eigenvalue weighted by Crippen LogP contribution is 2.37. The summed E-state index contributed by atoms with van der Waals surface area (Å²) >= 11 is 5.60. The molecule has 0 aliphatic heterocycles. The summed E-state index contributed by atoms with van der Waals surface area (Å²) in [6, 6.07) is 2.34. The van der Waals surface area contributed by atoms with Gasteiger partial charge >= 0.3 is 6.18 Å². The second-order valence-electron chi connectivity index (χ2n) is 2.92. The van der Waals surface area contributed by atoms with Gasteiger partial charge in [-0.2, -0.15) is 13.2 Å². The molecule has 0 saturated carbocycles. The Morgan fingerprint density at radius 1 is 1.36 bits per heavy atom. The SMILES string of the molecule is Cc1ccc(C(F)(F)F)c(Cl)c1CN. The Bertz CT molecular complexity index is 347. The van der Waals surface area contributed by atoms with E-state index in [1.165, 1.54) is 6.07 Å². The summed E-state index contributed by atoms with van der Waals surface area (Å²) in [4.78, 5) is 0. The Morgan fingerprint density at radius 2 is 1.93 bits per heavy atom. The first-order valence-corrected chi connectivity index (χ1v) is 4.31. The van der Waals surface area contributed by atoms with E-state index in [1.807, 2.05) is 0 Å². The van der Waals surface area contributed by atoms with Gasteiger partial charge in [0.1, 0.15) is 0 Å². The zero-order valence-corrected chi connectivity index (χ0v) is 8.21. The predicted molar refractivity (Wildman–Crippen MR) is 49.1 cm³/mol. The molecule has 0 atom stereocenters. The van der Waals surface area contributed by atoms with E-state index in [9.17, 15) is 13.2 Å². The molecule has 0 bridgehead atoms. The number of rotatable bonds is 1. The fourth-order valence-corrected chi connectivity index (χ4v) is 1.58. The lowest BCUT2D eigenvalue weighted by Gasteiger charge is -2.13. The predicted octanol–water partition coefficient (Wildman–Crippen LogP) is 3.13. The summed E-state index contributed by atoms with van der Waals surface area (Å²) in [5, 5.41) is -0.292. The zero-order chi connectivity index (χ0) is 10.9. The third kappa shape index (κ3) is 2.01. The maximum Gasteiger partial charge on any atom is 0.417 e. The van der Waals surface area contributed by atoms with Crippen LogP contribution < -0.4 is 5.73 Å². The van der Waals surface area contributed by atoms with Crippen molar-refractivity contribution in [2.45, 2.75) is 19.6 Å². The maximum absolute atomic E-state index is 12.4. The fraction of sp³-hybridized carbons (Fsp3) is 0.333. The second kappa shape index (κ2) is 3.79. The molecule has 0 fully saturated rings. The smallest absolute Gasteiger partial charge is 0.326 e. The molecule has 1 rings (SSSR count). The van der Waals surface area contributed by atoms with Crippen molar-refractivity contribution in [1.29, 1.82) is 0 Å². The van der Waals surface area contributed by atoms with Crippen molar-refractivity contribution in [3.8, 4) is 0 Å². The number of benzene rings is 1. The molecule has 0 radical (unpaired) electrons. The van der Waals surface area contributed by atoms with Crippen LogP contribution >= 0.6 is 11.6 Å². The van der Waals surface area contributed by atoms with Crippen molar-refractivity contribution in [2.75, 3.05) is 0 Å². The summed E-state index contributed by atoms with van der Waals surface area (Å²) in [5.74, 6) is 0. The first-order chi connectivity index (χ1) is 6.38. The van der Waals surface area contributed by atoms with Gasteiger partial charge in [0.25, 0.3) is 0 Å². The van der Waals surface area contributed by atoms with Crippen molar-refractivity contribution < 1.29 is 13.2 Å². The summed E-state index contributed by atoms with van der Waals surface area (Å²) in [5.41, 5.74) is 5.50. The highest BCUT2D eigenvalue weighted by molar-refractivity contribution is 6.32. The van der Waals surface area contributed by atoms with Crippen molar-refractivity contribution in [3.63, 3.8) is 0 Å². The Hall–Kier alpha value is -0.740. The summed E-state index contributed by atoms with van der Waals surface area (Å²) < 4.78 is 37.1. The molecule has 0 aliphatic rings. The maximum atomic E-state index is 12.4. The van der Waals surface area contributed by atoms with Gasteiger partial charge in [0, 0.05) is 6.54 Å². The molecule has 0 amide bonds. The van der Waals surface area contributed by atoms with Crippen molar-refractivity contribution in [3.05, 3.63) is 33.8 Å². The highest BCUT2D eigenvalue weighted by Gasteiger charge is 2.34. The van der Waals surface area contributed by atoms with Crippen LogP contribution in [0.15, 0.2) is 12.1 Å². The monoisotopic (exact) mass is 223 g/mol. The topological polar surface area (TPSA) is 26.0 Å². The fourth-order valence-electron chi connectivity index (χ4n) is 1.19. The molecule has 78 valence electrons. The van der Waals surface area contributed by atoms with E-state index >= 15 is 0 Å². The van der Waals surface area contributed by atoms with Gasteiger partial charge in [-0.05, 0) is 24.1 Å². The minimum absolute atomic E-state index is 0.00852. The molecule has 0 aliphatic carbocycles. The van der Waals surface area contributed by atoms with E-state index in [4.69, 9.17) is 17.3 Å². The lowest BCUT2D eigenvalue weighted by Crippen LogP contribution is -2.10. The second-order valence-corrected chi connectivity index (χ2v) is 3.30. The van der Waals surface area contributed by atoms with Crippen LogP contribution in [0.2, 0.25) is 5.02 Å². The molecule has 0 aromatic heterocycles. The minimum atomic E-state index is -4.42. The first-order valence-electron chi connectivity index (χ1n) is 3.93. The minimum Gasteiger partial charge on any atom is -0.326 e. The van der Waals surface area contributed by atoms with Gasteiger partial charge in [0.05, 0.1) is 10.6 Å². The van der Waals surface area contributed by atoms with Crippen molar-refractivity contribution in [1.82, 2.24) is 0 Å². The van der Waals surface area contributed by atoms with Crippen LogP contribution in [0.5, 0.6) is 0 Å². The number of hydrogen-bond acceptors (Lipinski definition) is 1. The average Bonchev–Trinajstić information content (AvgIpc) is 2.02. The molecule has 0 saturated heterocycles. The molecule has 14 heavy (non-hydrogen) atoms. The van der Waals surface area contributed by atoms with Crippen LogP contribution in [0.3, 0.4) is 0 Å². The van der Waals surface area contributed by atoms with Crippen LogP contribution in [-0.4, -0.2) is 0 Å². The first kappa shape index (κ1) is 11.3. The molecular formula is C9H9ClF3N. The van der Waals surface area contributed by atoms with Gasteiger partial charge in [0.2, 0.25) is 0 Å². The molecule has 0 heterocycles. The van der Waals surface area contributed by atoms with Gasteiger partial charge in [0.15, 0.2) is 0 Å². The molecular weight excluding hydrogens is 215 g/mol. The summed E-state index contributed by atoms with van der Waals surface area (Å²) in [6.45, 7) is 1.68. The molecule has 0 unspecified atom stereocenters. The van der Waals surface area contributed by atoms with Crippen LogP contribution in [0, 0.1) is 6.92 Å². The number of halogens is 4. The van der Waals surface area contributed by atoms with Crippen LogP contribution in [-0.2, 0) is 12.7 Å². The molecule has 1 aromatic carbocycles. The molecule has 2 N–H and O–H groups in total. The Labute approximate surface area is 84.7 Å². The van der Waals surface area contributed by atoms with E-state index in [0.29, 0.717) is 11.1 Å². The van der Waals surface area contributed by atoms with Gasteiger partial charge in [-0.25, -0.2) is 0 Å². The zero-order valence-electron chi connectivity index (χ0n) is 7.45. The lowest BCUT2D eigenvalue weighted by molar-refractivity contribution is -0.137. The van der Waals surface area contributed by atoms with Crippen LogP contribution in [0.25, 0.3) is 0 Å². The number of alkyl halides is 3. The van der Waals surface area contributed by atoms with Gasteiger partial charge in [-0.3, -0.25) is 0 Å². The van der Waals surface area contributed by atoms with E-state index in [0.717, 1.165) is 6.07 Å². The van der Waals surface area contributed by atoms with Crippen LogP contribution in [0.1, 0.15) is 16.7 Å². The van der Waals surface area contributed by atoms with E-state index in [2.05, 4.69) is 0 Å². The standard InChI is InChI=1S/C9H9ClF3N/c1-5-2-3-7(9(11,12)13)8(10)6(5)4-14/h2-3H,4,14H2,1H3.